The maximum absolute atomic E-state index is 11.8. The minimum absolute atomic E-state index is 0.0364. The molecule has 16 heavy (non-hydrogen) atoms. The molecule has 0 spiro atoms. The largest absolute Gasteiger partial charge is 0.278 e. The Kier molecular flexibility index (Phi) is 2.79. The van der Waals surface area contributed by atoms with Gasteiger partial charge in [0, 0.05) is 18.7 Å². The normalized spacial score (nSPS) is 16.6. The summed E-state index contributed by atoms with van der Waals surface area (Å²) in [6.07, 6.45) is 0. The number of halogens is 2. The topological polar surface area (TPSA) is 55.2 Å². The number of imide groups is 1. The van der Waals surface area contributed by atoms with E-state index in [9.17, 15) is 9.59 Å². The number of aryl methyl sites for hydroxylation is 1. The van der Waals surface area contributed by atoms with Crippen molar-refractivity contribution in [1.82, 2.24) is 9.78 Å². The smallest absolute Gasteiger partial charge is 0.268 e. The summed E-state index contributed by atoms with van der Waals surface area (Å²) in [6, 6.07) is 1.65. The fourth-order valence-corrected chi connectivity index (χ4v) is 1.91. The molecule has 84 valence electrons. The van der Waals surface area contributed by atoms with Crippen molar-refractivity contribution in [3.63, 3.8) is 0 Å². The summed E-state index contributed by atoms with van der Waals surface area (Å²) in [4.78, 5) is 24.5. The predicted octanol–water partition coefficient (Wildman–Crippen LogP) is 1.41. The molecule has 1 aliphatic rings. The molecule has 7 heteroatoms. The van der Waals surface area contributed by atoms with Gasteiger partial charge in [0.15, 0.2) is 5.82 Å². The molecule has 5 nitrogen and oxygen atoms in total. The highest BCUT2D eigenvalue weighted by Crippen LogP contribution is 2.28. The minimum atomic E-state index is -0.515. The van der Waals surface area contributed by atoms with E-state index in [1.54, 1.807) is 17.8 Å². The maximum Gasteiger partial charge on any atom is 0.278 e. The van der Waals surface area contributed by atoms with Gasteiger partial charge in [-0.2, -0.15) is 5.10 Å². The van der Waals surface area contributed by atoms with Gasteiger partial charge in [0.1, 0.15) is 8.73 Å². The van der Waals surface area contributed by atoms with E-state index in [0.29, 0.717) is 5.82 Å². The SMILES string of the molecule is CC1=C(Cl)C(=O)N(c2cc(I)n(C)n2)C1=O. The van der Waals surface area contributed by atoms with Gasteiger partial charge in [-0.3, -0.25) is 14.3 Å². The minimum Gasteiger partial charge on any atom is -0.268 e. The van der Waals surface area contributed by atoms with Crippen molar-refractivity contribution in [2.24, 2.45) is 7.05 Å². The highest BCUT2D eigenvalue weighted by Gasteiger charge is 2.37. The summed E-state index contributed by atoms with van der Waals surface area (Å²) in [6.45, 7) is 1.52. The second kappa shape index (κ2) is 3.85. The summed E-state index contributed by atoms with van der Waals surface area (Å²) in [5.74, 6) is -0.625. The Morgan fingerprint density at radius 3 is 2.38 bits per heavy atom. The number of amides is 2. The molecule has 0 aliphatic carbocycles. The van der Waals surface area contributed by atoms with Crippen LogP contribution < -0.4 is 4.90 Å². The molecule has 2 amide bonds. The van der Waals surface area contributed by atoms with Crippen molar-refractivity contribution in [2.75, 3.05) is 4.90 Å². The summed E-state index contributed by atoms with van der Waals surface area (Å²) in [5, 5.41) is 4.03. The molecular weight excluding hydrogens is 344 g/mol. The van der Waals surface area contributed by atoms with Crippen molar-refractivity contribution in [3.8, 4) is 0 Å². The van der Waals surface area contributed by atoms with E-state index in [2.05, 4.69) is 27.7 Å². The number of carbonyl (C=O) groups excluding carboxylic acids is 2. The monoisotopic (exact) mass is 351 g/mol. The van der Waals surface area contributed by atoms with E-state index in [-0.39, 0.29) is 10.6 Å². The first-order valence-electron chi connectivity index (χ1n) is 4.38. The van der Waals surface area contributed by atoms with Crippen LogP contribution in [-0.4, -0.2) is 21.6 Å². The van der Waals surface area contributed by atoms with E-state index in [1.165, 1.54) is 6.92 Å². The zero-order chi connectivity index (χ0) is 12.0. The van der Waals surface area contributed by atoms with Crippen molar-refractivity contribution in [2.45, 2.75) is 6.92 Å². The summed E-state index contributed by atoms with van der Waals surface area (Å²) >= 11 is 7.79. The Labute approximate surface area is 110 Å². The fraction of sp³-hybridized carbons (Fsp3) is 0.222. The lowest BCUT2D eigenvalue weighted by molar-refractivity contribution is -0.120. The second-order valence-electron chi connectivity index (χ2n) is 3.33. The van der Waals surface area contributed by atoms with Crippen LogP contribution in [0.5, 0.6) is 0 Å². The van der Waals surface area contributed by atoms with Crippen LogP contribution in [0.2, 0.25) is 0 Å². The quantitative estimate of drug-likeness (QED) is 0.568. The average Bonchev–Trinajstić information content (AvgIpc) is 2.64. The summed E-state index contributed by atoms with van der Waals surface area (Å²) in [7, 11) is 1.73. The van der Waals surface area contributed by atoms with E-state index in [1.807, 2.05) is 0 Å². The lowest BCUT2D eigenvalue weighted by Crippen LogP contribution is -2.31. The van der Waals surface area contributed by atoms with Crippen LogP contribution in [0.15, 0.2) is 16.7 Å². The third-order valence-electron chi connectivity index (χ3n) is 2.28. The van der Waals surface area contributed by atoms with Crippen molar-refractivity contribution >= 4 is 51.8 Å². The molecule has 0 atom stereocenters. The van der Waals surface area contributed by atoms with E-state index in [4.69, 9.17) is 11.6 Å². The first kappa shape index (κ1) is 11.6. The molecule has 0 unspecified atom stereocenters. The Balaban J connectivity index is 2.46. The van der Waals surface area contributed by atoms with Crippen molar-refractivity contribution in [3.05, 3.63) is 20.4 Å². The average molecular weight is 352 g/mol. The number of nitrogens with zero attached hydrogens (tertiary/aromatic N) is 3. The van der Waals surface area contributed by atoms with Gasteiger partial charge in [-0.15, -0.1) is 0 Å². The third-order valence-corrected chi connectivity index (χ3v) is 3.74. The molecule has 0 fully saturated rings. The first-order chi connectivity index (χ1) is 7.43. The fourth-order valence-electron chi connectivity index (χ4n) is 1.36. The van der Waals surface area contributed by atoms with E-state index in [0.717, 1.165) is 8.60 Å². The van der Waals surface area contributed by atoms with Gasteiger partial charge in [0.2, 0.25) is 0 Å². The number of hydrogen-bond donors (Lipinski definition) is 0. The van der Waals surface area contributed by atoms with Crippen LogP contribution >= 0.6 is 34.2 Å². The van der Waals surface area contributed by atoms with Gasteiger partial charge >= 0.3 is 0 Å². The Morgan fingerprint density at radius 1 is 1.38 bits per heavy atom. The molecule has 0 saturated carbocycles. The van der Waals surface area contributed by atoms with Gasteiger partial charge in [0.05, 0.1) is 0 Å². The third kappa shape index (κ3) is 1.56. The maximum atomic E-state index is 11.8. The van der Waals surface area contributed by atoms with Crippen LogP contribution in [0.25, 0.3) is 0 Å². The predicted molar refractivity (Wildman–Crippen MR) is 67.0 cm³/mol. The Bertz CT molecular complexity index is 491. The van der Waals surface area contributed by atoms with Crippen LogP contribution in [0.3, 0.4) is 0 Å². The molecule has 0 saturated heterocycles. The molecule has 2 rings (SSSR count). The summed E-state index contributed by atoms with van der Waals surface area (Å²) in [5.41, 5.74) is 0.257. The molecule has 1 aliphatic heterocycles. The molecule has 0 bridgehead atoms. The van der Waals surface area contributed by atoms with Gasteiger partial charge in [-0.1, -0.05) is 11.6 Å². The zero-order valence-electron chi connectivity index (χ0n) is 8.49. The Morgan fingerprint density at radius 2 is 2.00 bits per heavy atom. The molecule has 0 radical (unpaired) electrons. The number of carbonyl (C=O) groups is 2. The summed E-state index contributed by atoms with van der Waals surface area (Å²) < 4.78 is 2.41. The van der Waals surface area contributed by atoms with Crippen molar-refractivity contribution < 1.29 is 9.59 Å². The number of rotatable bonds is 1. The number of anilines is 1. The molecule has 2 heterocycles. The highest BCUT2D eigenvalue weighted by molar-refractivity contribution is 14.1. The van der Waals surface area contributed by atoms with Crippen LogP contribution in [0.4, 0.5) is 5.82 Å². The lowest BCUT2D eigenvalue weighted by atomic mass is 10.3. The molecule has 1 aromatic heterocycles. The second-order valence-corrected chi connectivity index (χ2v) is 4.82. The molecule has 0 aromatic carbocycles. The molecule has 1 aromatic rings. The van der Waals surface area contributed by atoms with E-state index < -0.39 is 11.8 Å². The van der Waals surface area contributed by atoms with Crippen molar-refractivity contribution in [1.29, 1.82) is 0 Å². The molecular formula is C9H7ClIN3O2. The zero-order valence-corrected chi connectivity index (χ0v) is 11.4. The van der Waals surface area contributed by atoms with E-state index >= 15 is 0 Å². The van der Waals surface area contributed by atoms with Gasteiger partial charge < -0.3 is 0 Å². The van der Waals surface area contributed by atoms with Crippen LogP contribution in [0, 0.1) is 3.70 Å². The van der Waals surface area contributed by atoms with Crippen LogP contribution in [-0.2, 0) is 16.6 Å². The highest BCUT2D eigenvalue weighted by atomic mass is 127. The lowest BCUT2D eigenvalue weighted by Gasteiger charge is -2.09. The van der Waals surface area contributed by atoms with Gasteiger partial charge in [-0.25, -0.2) is 4.90 Å². The first-order valence-corrected chi connectivity index (χ1v) is 5.84. The number of aromatic nitrogens is 2. The standard InChI is InChI=1S/C9H7ClIN3O2/c1-4-7(10)9(16)14(8(4)15)6-3-5(11)13(2)12-6/h3H,1-2H3. The van der Waals surface area contributed by atoms with Gasteiger partial charge in [0.25, 0.3) is 11.8 Å². The Hall–Kier alpha value is -0.890. The van der Waals surface area contributed by atoms with Crippen LogP contribution in [0.1, 0.15) is 6.92 Å². The van der Waals surface area contributed by atoms with Gasteiger partial charge in [-0.05, 0) is 29.5 Å². The number of hydrogen-bond acceptors (Lipinski definition) is 3. The molecule has 0 N–H and O–H groups in total.